The Morgan fingerprint density at radius 1 is 1.14 bits per heavy atom. The van der Waals surface area contributed by atoms with Crippen LogP contribution in [0, 0.1) is 0 Å². The van der Waals surface area contributed by atoms with Crippen molar-refractivity contribution in [3.8, 4) is 11.4 Å². The number of hydrogen-bond donors (Lipinski definition) is 0. The van der Waals surface area contributed by atoms with Gasteiger partial charge in [0.1, 0.15) is 11.6 Å². The summed E-state index contributed by atoms with van der Waals surface area (Å²) in [6.07, 6.45) is 2.30. The molecule has 1 aliphatic rings. The Morgan fingerprint density at radius 3 is 2.59 bits per heavy atom. The molecule has 150 valence electrons. The summed E-state index contributed by atoms with van der Waals surface area (Å²) in [6.45, 7) is 0.502. The molecule has 7 heteroatoms. The summed E-state index contributed by atoms with van der Waals surface area (Å²) in [6, 6.07) is 17.9. The lowest BCUT2D eigenvalue weighted by atomic mass is 10.2. The molecule has 1 heterocycles. The fourth-order valence-corrected chi connectivity index (χ4v) is 4.11. The minimum absolute atomic E-state index is 0.0384. The highest BCUT2D eigenvalue weighted by Crippen LogP contribution is 2.41. The van der Waals surface area contributed by atoms with Gasteiger partial charge in [-0.1, -0.05) is 48.2 Å². The van der Waals surface area contributed by atoms with Crippen molar-refractivity contribution in [2.24, 2.45) is 0 Å². The van der Waals surface area contributed by atoms with Crippen LogP contribution in [-0.2, 0) is 11.3 Å². The maximum atomic E-state index is 12.7. The Hall–Kier alpha value is -2.80. The number of carbonyl (C=O) groups excluding carboxylic acids is 1. The predicted molar refractivity (Wildman–Crippen MR) is 114 cm³/mol. The molecule has 29 heavy (non-hydrogen) atoms. The van der Waals surface area contributed by atoms with Crippen molar-refractivity contribution < 1.29 is 9.53 Å². The van der Waals surface area contributed by atoms with Crippen LogP contribution in [0.2, 0.25) is 0 Å². The molecular formula is C22H24N4O2S. The van der Waals surface area contributed by atoms with E-state index in [1.165, 1.54) is 11.8 Å². The van der Waals surface area contributed by atoms with Gasteiger partial charge in [-0.3, -0.25) is 9.36 Å². The van der Waals surface area contributed by atoms with Crippen molar-refractivity contribution in [1.29, 1.82) is 0 Å². The molecule has 0 atom stereocenters. The number of benzene rings is 2. The largest absolute Gasteiger partial charge is 0.496 e. The minimum atomic E-state index is 0.0384. The van der Waals surface area contributed by atoms with Gasteiger partial charge in [-0.25, -0.2) is 0 Å². The molecule has 0 bridgehead atoms. The maximum absolute atomic E-state index is 12.7. The zero-order valence-corrected chi connectivity index (χ0v) is 17.4. The van der Waals surface area contributed by atoms with Gasteiger partial charge in [0, 0.05) is 30.8 Å². The Labute approximate surface area is 174 Å². The van der Waals surface area contributed by atoms with Crippen molar-refractivity contribution in [2.75, 3.05) is 19.9 Å². The number of aromatic nitrogens is 3. The molecule has 1 aliphatic carbocycles. The van der Waals surface area contributed by atoms with Crippen LogP contribution in [-0.4, -0.2) is 45.5 Å². The molecule has 0 saturated heterocycles. The third-order valence-electron chi connectivity index (χ3n) is 4.97. The number of ether oxygens (including phenoxy) is 1. The van der Waals surface area contributed by atoms with E-state index in [0.717, 1.165) is 40.8 Å². The fourth-order valence-electron chi connectivity index (χ4n) is 3.21. The molecule has 0 radical (unpaired) electrons. The van der Waals surface area contributed by atoms with Gasteiger partial charge in [0.25, 0.3) is 0 Å². The van der Waals surface area contributed by atoms with Crippen LogP contribution in [0.3, 0.4) is 0 Å². The van der Waals surface area contributed by atoms with Crippen molar-refractivity contribution in [2.45, 2.75) is 30.5 Å². The van der Waals surface area contributed by atoms with Crippen LogP contribution in [0.5, 0.6) is 5.75 Å². The van der Waals surface area contributed by atoms with Crippen molar-refractivity contribution in [3.05, 3.63) is 66.0 Å². The van der Waals surface area contributed by atoms with Crippen LogP contribution in [0.4, 0.5) is 0 Å². The molecule has 0 N–H and O–H groups in total. The molecule has 1 aromatic heterocycles. The zero-order valence-electron chi connectivity index (χ0n) is 16.6. The predicted octanol–water partition coefficient (Wildman–Crippen LogP) is 3.90. The first-order chi connectivity index (χ1) is 14.2. The number of methoxy groups -OCH3 is 1. The number of rotatable bonds is 8. The van der Waals surface area contributed by atoms with Gasteiger partial charge in [0.2, 0.25) is 5.91 Å². The fraction of sp³-hybridized carbons (Fsp3) is 0.318. The van der Waals surface area contributed by atoms with Gasteiger partial charge in [-0.2, -0.15) is 0 Å². The summed E-state index contributed by atoms with van der Waals surface area (Å²) >= 11 is 1.43. The number of amides is 1. The first-order valence-corrected chi connectivity index (χ1v) is 10.7. The molecular weight excluding hydrogens is 384 g/mol. The van der Waals surface area contributed by atoms with Crippen LogP contribution < -0.4 is 4.74 Å². The van der Waals surface area contributed by atoms with Crippen molar-refractivity contribution in [1.82, 2.24) is 19.7 Å². The summed E-state index contributed by atoms with van der Waals surface area (Å²) in [5.41, 5.74) is 2.02. The Bertz CT molecular complexity index is 985. The molecule has 4 rings (SSSR count). The maximum Gasteiger partial charge on any atom is 0.233 e. The highest BCUT2D eigenvalue weighted by Gasteiger charge is 2.31. The van der Waals surface area contributed by atoms with Gasteiger partial charge < -0.3 is 9.64 Å². The van der Waals surface area contributed by atoms with E-state index in [1.807, 2.05) is 49.5 Å². The zero-order chi connectivity index (χ0) is 20.2. The Morgan fingerprint density at radius 2 is 1.86 bits per heavy atom. The smallest absolute Gasteiger partial charge is 0.233 e. The number of carbonyl (C=O) groups is 1. The average molecular weight is 409 g/mol. The molecule has 6 nitrogen and oxygen atoms in total. The highest BCUT2D eigenvalue weighted by molar-refractivity contribution is 7.99. The number of nitrogens with zero attached hydrogens (tertiary/aromatic N) is 4. The lowest BCUT2D eigenvalue weighted by molar-refractivity contribution is -0.127. The van der Waals surface area contributed by atoms with Gasteiger partial charge in [0.05, 0.1) is 12.9 Å². The van der Waals surface area contributed by atoms with E-state index in [2.05, 4.69) is 26.9 Å². The molecule has 1 amide bonds. The monoisotopic (exact) mass is 408 g/mol. The van der Waals surface area contributed by atoms with E-state index in [-0.39, 0.29) is 5.91 Å². The highest BCUT2D eigenvalue weighted by atomic mass is 32.2. The average Bonchev–Trinajstić information content (AvgIpc) is 3.52. The second-order valence-electron chi connectivity index (χ2n) is 7.14. The van der Waals surface area contributed by atoms with E-state index in [4.69, 9.17) is 4.74 Å². The molecule has 2 aromatic carbocycles. The Kier molecular flexibility index (Phi) is 5.85. The van der Waals surface area contributed by atoms with Crippen LogP contribution >= 0.6 is 11.8 Å². The van der Waals surface area contributed by atoms with E-state index < -0.39 is 0 Å². The van der Waals surface area contributed by atoms with Gasteiger partial charge >= 0.3 is 0 Å². The van der Waals surface area contributed by atoms with E-state index in [9.17, 15) is 4.79 Å². The lowest BCUT2D eigenvalue weighted by Crippen LogP contribution is -2.28. The quantitative estimate of drug-likeness (QED) is 0.529. The lowest BCUT2D eigenvalue weighted by Gasteiger charge is -2.18. The third-order valence-corrected chi connectivity index (χ3v) is 5.88. The van der Waals surface area contributed by atoms with Gasteiger partial charge in [0.15, 0.2) is 5.16 Å². The number of hydrogen-bond acceptors (Lipinski definition) is 5. The molecule has 1 fully saturated rings. The first-order valence-electron chi connectivity index (χ1n) is 9.66. The van der Waals surface area contributed by atoms with Crippen LogP contribution in [0.15, 0.2) is 59.8 Å². The normalized spacial score (nSPS) is 13.3. The van der Waals surface area contributed by atoms with E-state index in [1.54, 1.807) is 12.0 Å². The number of para-hydroxylation sites is 2. The summed E-state index contributed by atoms with van der Waals surface area (Å²) in [7, 11) is 3.46. The molecule has 1 saturated carbocycles. The summed E-state index contributed by atoms with van der Waals surface area (Å²) in [5, 5.41) is 9.56. The SMILES string of the molecule is COc1ccccc1CN(C)C(=O)CSc1nnc(C2CC2)n1-c1ccccc1. The molecule has 0 aliphatic heterocycles. The van der Waals surface area contributed by atoms with Crippen LogP contribution in [0.1, 0.15) is 30.1 Å². The van der Waals surface area contributed by atoms with E-state index in [0.29, 0.717) is 18.2 Å². The topological polar surface area (TPSA) is 60.2 Å². The second-order valence-corrected chi connectivity index (χ2v) is 8.08. The van der Waals surface area contributed by atoms with Crippen molar-refractivity contribution in [3.63, 3.8) is 0 Å². The van der Waals surface area contributed by atoms with Crippen LogP contribution in [0.25, 0.3) is 5.69 Å². The van der Waals surface area contributed by atoms with E-state index >= 15 is 0 Å². The standard InChI is InChI=1S/C22H24N4O2S/c1-25(14-17-8-6-7-11-19(17)28-2)20(27)15-29-22-24-23-21(16-12-13-16)26(22)18-9-4-3-5-10-18/h3-11,16H,12-15H2,1-2H3. The number of thioether (sulfide) groups is 1. The van der Waals surface area contributed by atoms with Gasteiger partial charge in [-0.05, 0) is 31.0 Å². The minimum Gasteiger partial charge on any atom is -0.496 e. The molecule has 0 spiro atoms. The third kappa shape index (κ3) is 4.45. The summed E-state index contributed by atoms with van der Waals surface area (Å²) in [5.74, 6) is 2.60. The second kappa shape index (κ2) is 8.69. The van der Waals surface area contributed by atoms with Gasteiger partial charge in [-0.15, -0.1) is 10.2 Å². The Balaban J connectivity index is 1.46. The summed E-state index contributed by atoms with van der Waals surface area (Å²) < 4.78 is 7.48. The first kappa shape index (κ1) is 19.5. The molecule has 3 aromatic rings. The summed E-state index contributed by atoms with van der Waals surface area (Å²) in [4.78, 5) is 14.4. The van der Waals surface area contributed by atoms with Crippen molar-refractivity contribution >= 4 is 17.7 Å². The molecule has 0 unspecified atom stereocenters.